The van der Waals surface area contributed by atoms with E-state index in [9.17, 15) is 13.2 Å². The van der Waals surface area contributed by atoms with Crippen molar-refractivity contribution < 1.29 is 22.9 Å². The van der Waals surface area contributed by atoms with Gasteiger partial charge in [-0.15, -0.1) is 0 Å². The standard InChI is InChI=1S/C11H15NO5S/c1-8-4-3-5-10(6-8)7-12(18(15,16)17)9(2)11(13)14/h3-6,9H,7H2,1-2H3,(H,13,14)(H,15,16,17)/t9-/m0/s1. The Morgan fingerprint density at radius 3 is 2.50 bits per heavy atom. The first-order valence-electron chi connectivity index (χ1n) is 5.24. The van der Waals surface area contributed by atoms with Gasteiger partial charge < -0.3 is 5.11 Å². The van der Waals surface area contributed by atoms with Crippen LogP contribution in [0, 0.1) is 6.92 Å². The molecule has 0 amide bonds. The van der Waals surface area contributed by atoms with E-state index in [2.05, 4.69) is 0 Å². The highest BCUT2D eigenvalue weighted by molar-refractivity contribution is 7.83. The van der Waals surface area contributed by atoms with Crippen LogP contribution in [0.15, 0.2) is 24.3 Å². The topological polar surface area (TPSA) is 94.9 Å². The Morgan fingerprint density at radius 1 is 1.44 bits per heavy atom. The van der Waals surface area contributed by atoms with E-state index in [1.165, 1.54) is 6.92 Å². The molecule has 0 aliphatic carbocycles. The number of hydrogen-bond acceptors (Lipinski definition) is 3. The van der Waals surface area contributed by atoms with Crippen molar-refractivity contribution in [1.82, 2.24) is 4.31 Å². The van der Waals surface area contributed by atoms with E-state index in [-0.39, 0.29) is 6.54 Å². The number of aliphatic carboxylic acids is 1. The van der Waals surface area contributed by atoms with Gasteiger partial charge in [0, 0.05) is 6.54 Å². The van der Waals surface area contributed by atoms with Crippen LogP contribution in [0.1, 0.15) is 18.1 Å². The Hall–Kier alpha value is -1.44. The predicted molar refractivity (Wildman–Crippen MR) is 65.4 cm³/mol. The molecule has 0 aliphatic heterocycles. The number of rotatable bonds is 5. The van der Waals surface area contributed by atoms with E-state index >= 15 is 0 Å². The maximum atomic E-state index is 11.2. The number of carbonyl (C=O) groups is 1. The molecular weight excluding hydrogens is 258 g/mol. The molecule has 0 fully saturated rings. The van der Waals surface area contributed by atoms with Crippen molar-refractivity contribution in [3.05, 3.63) is 35.4 Å². The van der Waals surface area contributed by atoms with Gasteiger partial charge in [-0.3, -0.25) is 9.35 Å². The van der Waals surface area contributed by atoms with Crippen molar-refractivity contribution in [3.63, 3.8) is 0 Å². The number of hydrogen-bond donors (Lipinski definition) is 2. The monoisotopic (exact) mass is 273 g/mol. The number of benzene rings is 1. The molecular formula is C11H15NO5S. The lowest BCUT2D eigenvalue weighted by Gasteiger charge is -2.22. The van der Waals surface area contributed by atoms with Crippen LogP contribution in [0.2, 0.25) is 0 Å². The molecule has 100 valence electrons. The third-order valence-corrected chi connectivity index (χ3v) is 3.54. The van der Waals surface area contributed by atoms with Gasteiger partial charge in [0.1, 0.15) is 6.04 Å². The first-order valence-corrected chi connectivity index (χ1v) is 6.64. The van der Waals surface area contributed by atoms with Crippen molar-refractivity contribution >= 4 is 16.3 Å². The van der Waals surface area contributed by atoms with Crippen molar-refractivity contribution in [1.29, 1.82) is 0 Å². The molecule has 0 aromatic heterocycles. The van der Waals surface area contributed by atoms with Crippen molar-refractivity contribution in [3.8, 4) is 0 Å². The molecule has 0 bridgehead atoms. The molecule has 1 aromatic carbocycles. The van der Waals surface area contributed by atoms with Crippen LogP contribution < -0.4 is 0 Å². The van der Waals surface area contributed by atoms with Crippen LogP contribution in [0.5, 0.6) is 0 Å². The van der Waals surface area contributed by atoms with E-state index in [1.54, 1.807) is 18.2 Å². The predicted octanol–water partition coefficient (Wildman–Crippen LogP) is 1.07. The molecule has 0 unspecified atom stereocenters. The largest absolute Gasteiger partial charge is 0.480 e. The molecule has 18 heavy (non-hydrogen) atoms. The number of aryl methyl sites for hydroxylation is 1. The SMILES string of the molecule is Cc1cccc(CN([C@@H](C)C(=O)O)S(=O)(=O)O)c1. The van der Waals surface area contributed by atoms with Gasteiger partial charge in [-0.2, -0.15) is 12.7 Å². The minimum atomic E-state index is -4.57. The Kier molecular flexibility index (Phi) is 4.44. The Balaban J connectivity index is 3.04. The zero-order valence-corrected chi connectivity index (χ0v) is 10.9. The fraction of sp³-hybridized carbons (Fsp3) is 0.364. The molecule has 0 radical (unpaired) electrons. The van der Waals surface area contributed by atoms with Crippen LogP contribution in [-0.4, -0.2) is 34.4 Å². The summed E-state index contributed by atoms with van der Waals surface area (Å²) in [6.45, 7) is 2.85. The number of carboxylic acids is 1. The van der Waals surface area contributed by atoms with E-state index in [0.29, 0.717) is 9.87 Å². The minimum Gasteiger partial charge on any atom is -0.480 e. The summed E-state index contributed by atoms with van der Waals surface area (Å²) >= 11 is 0. The highest BCUT2D eigenvalue weighted by atomic mass is 32.2. The van der Waals surface area contributed by atoms with Gasteiger partial charge in [-0.05, 0) is 19.4 Å². The van der Waals surface area contributed by atoms with E-state index in [1.807, 2.05) is 13.0 Å². The molecule has 0 saturated heterocycles. The Labute approximate surface area is 106 Å². The molecule has 1 atom stereocenters. The lowest BCUT2D eigenvalue weighted by molar-refractivity contribution is -0.141. The highest BCUT2D eigenvalue weighted by Crippen LogP contribution is 2.13. The van der Waals surface area contributed by atoms with Gasteiger partial charge >= 0.3 is 16.3 Å². The quantitative estimate of drug-likeness (QED) is 0.782. The summed E-state index contributed by atoms with van der Waals surface area (Å²) in [5.41, 5.74) is 1.53. The van der Waals surface area contributed by atoms with Crippen LogP contribution in [-0.2, 0) is 21.6 Å². The van der Waals surface area contributed by atoms with Gasteiger partial charge in [0.05, 0.1) is 0 Å². The molecule has 7 heteroatoms. The van der Waals surface area contributed by atoms with Crippen LogP contribution in [0.4, 0.5) is 0 Å². The van der Waals surface area contributed by atoms with Gasteiger partial charge in [0.15, 0.2) is 0 Å². The molecule has 0 spiro atoms. The van der Waals surface area contributed by atoms with Crippen molar-refractivity contribution in [2.75, 3.05) is 0 Å². The smallest absolute Gasteiger partial charge is 0.337 e. The van der Waals surface area contributed by atoms with Gasteiger partial charge in [-0.25, -0.2) is 0 Å². The summed E-state index contributed by atoms with van der Waals surface area (Å²) in [5.74, 6) is -1.32. The van der Waals surface area contributed by atoms with E-state index in [0.717, 1.165) is 5.56 Å². The number of carboxylic acid groups (broad SMARTS) is 1. The second kappa shape index (κ2) is 5.47. The molecule has 0 heterocycles. The molecule has 6 nitrogen and oxygen atoms in total. The molecule has 2 N–H and O–H groups in total. The Bertz CT molecular complexity index is 540. The molecule has 0 saturated carbocycles. The fourth-order valence-corrected chi connectivity index (χ4v) is 2.33. The highest BCUT2D eigenvalue weighted by Gasteiger charge is 2.30. The summed E-state index contributed by atoms with van der Waals surface area (Å²) in [6, 6.07) is 5.63. The zero-order valence-electron chi connectivity index (χ0n) is 10.1. The van der Waals surface area contributed by atoms with Crippen LogP contribution >= 0.6 is 0 Å². The van der Waals surface area contributed by atoms with Gasteiger partial charge in [0.2, 0.25) is 0 Å². The van der Waals surface area contributed by atoms with Crippen molar-refractivity contribution in [2.24, 2.45) is 0 Å². The summed E-state index contributed by atoms with van der Waals surface area (Å²) in [5, 5.41) is 8.83. The molecule has 1 aromatic rings. The first kappa shape index (κ1) is 14.6. The summed E-state index contributed by atoms with van der Waals surface area (Å²) in [6.07, 6.45) is 0. The third kappa shape index (κ3) is 3.80. The van der Waals surface area contributed by atoms with Crippen LogP contribution in [0.3, 0.4) is 0 Å². The average molecular weight is 273 g/mol. The summed E-state index contributed by atoms with van der Waals surface area (Å²) < 4.78 is 32.0. The van der Waals surface area contributed by atoms with Gasteiger partial charge in [-0.1, -0.05) is 29.8 Å². The fourth-order valence-electron chi connectivity index (χ4n) is 1.53. The summed E-state index contributed by atoms with van der Waals surface area (Å²) in [7, 11) is -4.57. The van der Waals surface area contributed by atoms with E-state index < -0.39 is 22.3 Å². The molecule has 0 aliphatic rings. The number of nitrogens with zero attached hydrogens (tertiary/aromatic N) is 1. The minimum absolute atomic E-state index is 0.187. The molecule has 1 rings (SSSR count). The normalized spacial score (nSPS) is 13.6. The van der Waals surface area contributed by atoms with Crippen LogP contribution in [0.25, 0.3) is 0 Å². The second-order valence-corrected chi connectivity index (χ2v) is 5.39. The zero-order chi connectivity index (χ0) is 13.9. The first-order chi connectivity index (χ1) is 8.21. The van der Waals surface area contributed by atoms with Crippen molar-refractivity contribution in [2.45, 2.75) is 26.4 Å². The van der Waals surface area contributed by atoms with E-state index in [4.69, 9.17) is 9.66 Å². The lowest BCUT2D eigenvalue weighted by Crippen LogP contribution is -2.42. The van der Waals surface area contributed by atoms with Gasteiger partial charge in [0.25, 0.3) is 0 Å². The average Bonchev–Trinajstić information content (AvgIpc) is 2.23. The maximum absolute atomic E-state index is 11.2. The summed E-state index contributed by atoms with van der Waals surface area (Å²) in [4.78, 5) is 10.8. The lowest BCUT2D eigenvalue weighted by atomic mass is 10.1. The second-order valence-electron chi connectivity index (χ2n) is 4.03. The maximum Gasteiger partial charge on any atom is 0.337 e. The Morgan fingerprint density at radius 2 is 2.06 bits per heavy atom. The third-order valence-electron chi connectivity index (χ3n) is 2.51.